The molecule has 2 N–H and O–H groups in total. The van der Waals surface area contributed by atoms with Crippen molar-refractivity contribution in [2.75, 3.05) is 24.6 Å². The molecule has 0 bridgehead atoms. The monoisotopic (exact) mass is 216 g/mol. The molecule has 4 heteroatoms. The van der Waals surface area contributed by atoms with E-state index in [-0.39, 0.29) is 11.9 Å². The van der Waals surface area contributed by atoms with Gasteiger partial charge in [-0.15, -0.1) is 0 Å². The van der Waals surface area contributed by atoms with E-state index in [4.69, 9.17) is 5.73 Å². The summed E-state index contributed by atoms with van der Waals surface area (Å²) in [6, 6.07) is -0.301. The Hall–Kier alpha value is -0.220. The molecule has 1 saturated heterocycles. The zero-order chi connectivity index (χ0) is 10.6. The van der Waals surface area contributed by atoms with Gasteiger partial charge in [0.25, 0.3) is 0 Å². The molecule has 0 aromatic rings. The van der Waals surface area contributed by atoms with E-state index in [0.29, 0.717) is 5.92 Å². The number of hydrogen-bond donors (Lipinski definition) is 1. The van der Waals surface area contributed by atoms with Crippen LogP contribution in [0.5, 0.6) is 0 Å². The van der Waals surface area contributed by atoms with Crippen LogP contribution in [0.4, 0.5) is 0 Å². The topological polar surface area (TPSA) is 46.3 Å². The Morgan fingerprint density at radius 1 is 1.71 bits per heavy atom. The molecule has 0 aromatic carbocycles. The molecule has 1 aliphatic heterocycles. The number of carbonyl (C=O) groups excluding carboxylic acids is 1. The summed E-state index contributed by atoms with van der Waals surface area (Å²) in [5.41, 5.74) is 5.75. The molecule has 0 radical (unpaired) electrons. The maximum absolute atomic E-state index is 11.8. The maximum Gasteiger partial charge on any atom is 0.239 e. The van der Waals surface area contributed by atoms with E-state index < -0.39 is 0 Å². The summed E-state index contributed by atoms with van der Waals surface area (Å²) < 4.78 is 0. The van der Waals surface area contributed by atoms with E-state index in [1.807, 2.05) is 23.6 Å². The lowest BCUT2D eigenvalue weighted by atomic mass is 10.1. The highest BCUT2D eigenvalue weighted by Crippen LogP contribution is 2.15. The highest BCUT2D eigenvalue weighted by atomic mass is 32.2. The quantitative estimate of drug-likeness (QED) is 0.747. The third-order valence-corrected chi connectivity index (χ3v) is 3.78. The summed E-state index contributed by atoms with van der Waals surface area (Å²) in [6.07, 6.45) is 0.733. The normalized spacial score (nSPS) is 25.6. The molecular formula is C10H20N2OS. The molecular weight excluding hydrogens is 196 g/mol. The smallest absolute Gasteiger partial charge is 0.239 e. The fraction of sp³-hybridized carbons (Fsp3) is 0.900. The van der Waals surface area contributed by atoms with Crippen LogP contribution in [0.15, 0.2) is 0 Å². The molecule has 1 unspecified atom stereocenters. The predicted molar refractivity (Wildman–Crippen MR) is 61.3 cm³/mol. The van der Waals surface area contributed by atoms with Gasteiger partial charge in [0.1, 0.15) is 0 Å². The first-order valence-electron chi connectivity index (χ1n) is 5.27. The highest BCUT2D eigenvalue weighted by molar-refractivity contribution is 7.99. The Morgan fingerprint density at radius 3 is 3.07 bits per heavy atom. The maximum atomic E-state index is 11.8. The van der Waals surface area contributed by atoms with Crippen LogP contribution in [0.3, 0.4) is 0 Å². The fourth-order valence-corrected chi connectivity index (χ4v) is 2.61. The van der Waals surface area contributed by atoms with Crippen LogP contribution in [0.25, 0.3) is 0 Å². The van der Waals surface area contributed by atoms with E-state index in [9.17, 15) is 4.79 Å². The molecule has 0 saturated carbocycles. The van der Waals surface area contributed by atoms with Crippen molar-refractivity contribution in [1.29, 1.82) is 0 Å². The molecule has 0 spiro atoms. The second kappa shape index (κ2) is 5.61. The summed E-state index contributed by atoms with van der Waals surface area (Å²) in [7, 11) is 0. The second-order valence-corrected chi connectivity index (χ2v) is 5.13. The first-order valence-corrected chi connectivity index (χ1v) is 6.42. The Balaban J connectivity index is 2.52. The van der Waals surface area contributed by atoms with Gasteiger partial charge in [-0.1, -0.05) is 13.8 Å². The zero-order valence-corrected chi connectivity index (χ0v) is 9.85. The average molecular weight is 216 g/mol. The van der Waals surface area contributed by atoms with Crippen LogP contribution in [0, 0.1) is 5.92 Å². The average Bonchev–Trinajstić information content (AvgIpc) is 2.40. The Labute approximate surface area is 90.4 Å². The van der Waals surface area contributed by atoms with Crippen LogP contribution >= 0.6 is 11.8 Å². The molecule has 14 heavy (non-hydrogen) atoms. The minimum Gasteiger partial charge on any atom is -0.340 e. The van der Waals surface area contributed by atoms with Gasteiger partial charge in [-0.25, -0.2) is 0 Å². The second-order valence-electron chi connectivity index (χ2n) is 3.98. The number of thioether (sulfide) groups is 1. The summed E-state index contributed by atoms with van der Waals surface area (Å²) in [5, 5.41) is 0. The highest BCUT2D eigenvalue weighted by Gasteiger charge is 2.22. The summed E-state index contributed by atoms with van der Waals surface area (Å²) >= 11 is 1.93. The van der Waals surface area contributed by atoms with E-state index >= 15 is 0 Å². The lowest BCUT2D eigenvalue weighted by molar-refractivity contribution is -0.132. The number of rotatable bonds is 2. The van der Waals surface area contributed by atoms with Crippen LogP contribution < -0.4 is 5.73 Å². The SMILES string of the molecule is CC[C@@H](N)C(=O)N1CCSCC(C)C1. The van der Waals surface area contributed by atoms with Gasteiger partial charge < -0.3 is 10.6 Å². The third-order valence-electron chi connectivity index (χ3n) is 2.51. The van der Waals surface area contributed by atoms with Crippen molar-refractivity contribution in [3.05, 3.63) is 0 Å². The Kier molecular flexibility index (Phi) is 4.75. The minimum absolute atomic E-state index is 0.127. The predicted octanol–water partition coefficient (Wildman–Crippen LogP) is 0.935. The largest absolute Gasteiger partial charge is 0.340 e. The summed E-state index contributed by atoms with van der Waals surface area (Å²) in [5.74, 6) is 2.93. The first-order chi connectivity index (χ1) is 6.65. The van der Waals surface area contributed by atoms with Crippen molar-refractivity contribution >= 4 is 17.7 Å². The third kappa shape index (κ3) is 3.17. The van der Waals surface area contributed by atoms with Crippen molar-refractivity contribution in [3.63, 3.8) is 0 Å². The van der Waals surface area contributed by atoms with E-state index in [2.05, 4.69) is 6.92 Å². The van der Waals surface area contributed by atoms with Gasteiger partial charge in [0.2, 0.25) is 5.91 Å². The molecule has 1 rings (SSSR count). The summed E-state index contributed by atoms with van der Waals surface area (Å²) in [4.78, 5) is 13.7. The molecule has 2 atom stereocenters. The van der Waals surface area contributed by atoms with Crippen molar-refractivity contribution in [2.45, 2.75) is 26.3 Å². The number of amides is 1. The van der Waals surface area contributed by atoms with Gasteiger partial charge in [0, 0.05) is 18.8 Å². The molecule has 3 nitrogen and oxygen atoms in total. The van der Waals surface area contributed by atoms with Crippen molar-refractivity contribution < 1.29 is 4.79 Å². The van der Waals surface area contributed by atoms with Gasteiger partial charge in [0.05, 0.1) is 6.04 Å². The molecule has 1 heterocycles. The van der Waals surface area contributed by atoms with Crippen molar-refractivity contribution in [2.24, 2.45) is 11.7 Å². The number of carbonyl (C=O) groups is 1. The number of nitrogens with zero attached hydrogens (tertiary/aromatic N) is 1. The van der Waals surface area contributed by atoms with Gasteiger partial charge in [0.15, 0.2) is 0 Å². The van der Waals surface area contributed by atoms with Crippen LogP contribution in [-0.4, -0.2) is 41.4 Å². The number of nitrogens with two attached hydrogens (primary N) is 1. The van der Waals surface area contributed by atoms with Gasteiger partial charge in [-0.3, -0.25) is 4.79 Å². The molecule has 1 amide bonds. The van der Waals surface area contributed by atoms with Crippen LogP contribution in [-0.2, 0) is 4.79 Å². The number of hydrogen-bond acceptors (Lipinski definition) is 3. The van der Waals surface area contributed by atoms with E-state index in [1.165, 1.54) is 0 Å². The molecule has 82 valence electrons. The van der Waals surface area contributed by atoms with E-state index in [1.54, 1.807) is 0 Å². The standard InChI is InChI=1S/C10H20N2OS/c1-3-9(11)10(13)12-4-5-14-7-8(2)6-12/h8-9H,3-7,11H2,1-2H3/t8?,9-/m1/s1. The van der Waals surface area contributed by atoms with Gasteiger partial charge >= 0.3 is 0 Å². The fourth-order valence-electron chi connectivity index (χ4n) is 1.59. The van der Waals surface area contributed by atoms with Gasteiger partial charge in [-0.2, -0.15) is 11.8 Å². The van der Waals surface area contributed by atoms with Crippen molar-refractivity contribution in [1.82, 2.24) is 4.90 Å². The molecule has 1 aliphatic rings. The zero-order valence-electron chi connectivity index (χ0n) is 9.03. The van der Waals surface area contributed by atoms with Crippen LogP contribution in [0.1, 0.15) is 20.3 Å². The lowest BCUT2D eigenvalue weighted by Gasteiger charge is -2.25. The summed E-state index contributed by atoms with van der Waals surface area (Å²) in [6.45, 7) is 5.88. The lowest BCUT2D eigenvalue weighted by Crippen LogP contribution is -2.45. The molecule has 1 fully saturated rings. The minimum atomic E-state index is -0.301. The molecule has 0 aliphatic carbocycles. The first kappa shape index (κ1) is 11.9. The molecule has 0 aromatic heterocycles. The Bertz CT molecular complexity index is 199. The van der Waals surface area contributed by atoms with Crippen molar-refractivity contribution in [3.8, 4) is 0 Å². The van der Waals surface area contributed by atoms with E-state index in [0.717, 1.165) is 31.0 Å². The Morgan fingerprint density at radius 2 is 2.43 bits per heavy atom. The van der Waals surface area contributed by atoms with Crippen LogP contribution in [0.2, 0.25) is 0 Å². The van der Waals surface area contributed by atoms with Gasteiger partial charge in [-0.05, 0) is 18.1 Å².